The van der Waals surface area contributed by atoms with Crippen molar-refractivity contribution < 1.29 is 18.9 Å². The Bertz CT molecular complexity index is 566. The van der Waals surface area contributed by atoms with Gasteiger partial charge in [-0.25, -0.2) is 9.59 Å². The summed E-state index contributed by atoms with van der Waals surface area (Å²) in [6.07, 6.45) is 1.37. The molecule has 1 aromatic carbocycles. The Morgan fingerprint density at radius 3 is 2.52 bits per heavy atom. The van der Waals surface area contributed by atoms with Crippen LogP contribution in [0.25, 0.3) is 0 Å². The van der Waals surface area contributed by atoms with Crippen LogP contribution in [-0.4, -0.2) is 45.9 Å². The van der Waals surface area contributed by atoms with Crippen LogP contribution in [0.1, 0.15) is 23.2 Å². The molecule has 0 bridgehead atoms. The molecule has 0 atom stereocenters. The third-order valence-electron chi connectivity index (χ3n) is 3.52. The molecule has 114 valence electrons. The lowest BCUT2D eigenvalue weighted by Crippen LogP contribution is -2.46. The molecule has 0 saturated carbocycles. The summed E-state index contributed by atoms with van der Waals surface area (Å²) in [6.45, 7) is 0. The predicted octanol–water partition coefficient (Wildman–Crippen LogP) is 1.44. The second kappa shape index (κ2) is 6.71. The van der Waals surface area contributed by atoms with E-state index >= 15 is 0 Å². The highest BCUT2D eigenvalue weighted by atomic mass is 32.2. The maximum Gasteiger partial charge on any atom is 0.337 e. The second-order valence-corrected chi connectivity index (χ2v) is 6.65. The van der Waals surface area contributed by atoms with Crippen LogP contribution in [-0.2, 0) is 10.8 Å². The van der Waals surface area contributed by atoms with E-state index in [0.29, 0.717) is 30.0 Å². The highest BCUT2D eigenvalue weighted by Crippen LogP contribution is 2.19. The van der Waals surface area contributed by atoms with Gasteiger partial charge in [-0.3, -0.25) is 9.11 Å². The number of anilines is 1. The molecule has 1 heterocycles. The van der Waals surface area contributed by atoms with Crippen LogP contribution >= 0.6 is 0 Å². The Balaban J connectivity index is 2.06. The first-order valence-electron chi connectivity index (χ1n) is 6.70. The molecule has 0 aromatic heterocycles. The molecule has 1 aliphatic heterocycles. The normalized spacial score (nSPS) is 21.6. The van der Waals surface area contributed by atoms with E-state index in [1.54, 1.807) is 18.2 Å². The molecule has 0 unspecified atom stereocenters. The van der Waals surface area contributed by atoms with Crippen molar-refractivity contribution in [3.05, 3.63) is 29.8 Å². The lowest BCUT2D eigenvalue weighted by molar-refractivity contribution is 0.0697. The molecule has 0 radical (unpaired) electrons. The van der Waals surface area contributed by atoms with Gasteiger partial charge in [0.25, 0.3) is 0 Å². The number of aromatic carboxylic acids is 1. The number of nitrogens with one attached hydrogen (secondary N) is 1. The number of benzene rings is 1. The van der Waals surface area contributed by atoms with Crippen molar-refractivity contribution in [2.24, 2.45) is 0 Å². The second-order valence-electron chi connectivity index (χ2n) is 4.95. The number of nitrogens with zero attached hydrogens (tertiary/aromatic N) is 1. The zero-order valence-electron chi connectivity index (χ0n) is 11.7. The first-order chi connectivity index (χ1) is 9.99. The highest BCUT2D eigenvalue weighted by Gasteiger charge is 2.23. The standard InChI is InChI=1S/C14H18N2O4S/c1-16(12-5-3-2-4-11(12)13(17)18)14(19)15-10-6-8-21(20)9-7-10/h2-5,10H,6-9H2,1H3,(H,15,19)(H,17,18). The number of carbonyl (C=O) groups excluding carboxylic acids is 1. The molecule has 1 aromatic rings. The van der Waals surface area contributed by atoms with Gasteiger partial charge < -0.3 is 10.4 Å². The zero-order chi connectivity index (χ0) is 15.4. The number of rotatable bonds is 3. The topological polar surface area (TPSA) is 86.7 Å². The van der Waals surface area contributed by atoms with Crippen LogP contribution in [0.15, 0.2) is 24.3 Å². The van der Waals surface area contributed by atoms with Gasteiger partial charge >= 0.3 is 12.0 Å². The molecule has 0 aliphatic carbocycles. The van der Waals surface area contributed by atoms with Crippen LogP contribution in [0.3, 0.4) is 0 Å². The van der Waals surface area contributed by atoms with E-state index < -0.39 is 16.8 Å². The van der Waals surface area contributed by atoms with Crippen molar-refractivity contribution in [3.63, 3.8) is 0 Å². The van der Waals surface area contributed by atoms with Gasteiger partial charge in [0.1, 0.15) is 0 Å². The van der Waals surface area contributed by atoms with E-state index in [9.17, 15) is 13.8 Å². The van der Waals surface area contributed by atoms with E-state index in [4.69, 9.17) is 5.11 Å². The van der Waals surface area contributed by atoms with E-state index in [1.165, 1.54) is 18.0 Å². The fourth-order valence-corrected chi connectivity index (χ4v) is 3.56. The number of carboxylic acids is 1. The summed E-state index contributed by atoms with van der Waals surface area (Å²) in [5, 5.41) is 12.0. The van der Waals surface area contributed by atoms with Gasteiger partial charge in [0.2, 0.25) is 0 Å². The number of urea groups is 1. The Labute approximate surface area is 125 Å². The average molecular weight is 310 g/mol. The van der Waals surface area contributed by atoms with Gasteiger partial charge in [-0.05, 0) is 25.0 Å². The third-order valence-corrected chi connectivity index (χ3v) is 4.90. The van der Waals surface area contributed by atoms with Gasteiger partial charge in [-0.15, -0.1) is 0 Å². The lowest BCUT2D eigenvalue weighted by atomic mass is 10.1. The van der Waals surface area contributed by atoms with Crippen LogP contribution in [0.2, 0.25) is 0 Å². The number of para-hydroxylation sites is 1. The molecule has 1 saturated heterocycles. The fourth-order valence-electron chi connectivity index (χ4n) is 2.27. The summed E-state index contributed by atoms with van der Waals surface area (Å²) in [7, 11) is 0.765. The summed E-state index contributed by atoms with van der Waals surface area (Å²) in [4.78, 5) is 24.7. The highest BCUT2D eigenvalue weighted by molar-refractivity contribution is 7.85. The summed E-state index contributed by atoms with van der Waals surface area (Å²) < 4.78 is 11.3. The minimum Gasteiger partial charge on any atom is -0.478 e. The van der Waals surface area contributed by atoms with Gasteiger partial charge in [0.05, 0.1) is 11.3 Å². The molecule has 2 amide bonds. The van der Waals surface area contributed by atoms with Crippen molar-refractivity contribution in [2.45, 2.75) is 18.9 Å². The number of carbonyl (C=O) groups is 2. The van der Waals surface area contributed by atoms with Crippen LogP contribution in [0.5, 0.6) is 0 Å². The molecule has 2 rings (SSSR count). The molecular weight excluding hydrogens is 292 g/mol. The first-order valence-corrected chi connectivity index (χ1v) is 8.19. The van der Waals surface area contributed by atoms with Crippen LogP contribution in [0.4, 0.5) is 10.5 Å². The predicted molar refractivity (Wildman–Crippen MR) is 81.2 cm³/mol. The molecule has 7 heteroatoms. The number of carboxylic acid groups (broad SMARTS) is 1. The summed E-state index contributed by atoms with van der Waals surface area (Å²) in [5.74, 6) is 0.124. The largest absolute Gasteiger partial charge is 0.478 e. The number of hydrogen-bond acceptors (Lipinski definition) is 3. The number of hydrogen-bond donors (Lipinski definition) is 2. The SMILES string of the molecule is CN(C(=O)NC1CCS(=O)CC1)c1ccccc1C(=O)O. The van der Waals surface area contributed by atoms with Crippen LogP contribution in [0, 0.1) is 0 Å². The Morgan fingerprint density at radius 2 is 1.90 bits per heavy atom. The first kappa shape index (κ1) is 15.5. The Morgan fingerprint density at radius 1 is 1.29 bits per heavy atom. The Kier molecular flexibility index (Phi) is 4.95. The van der Waals surface area contributed by atoms with Gasteiger partial charge in [0.15, 0.2) is 0 Å². The number of amides is 2. The van der Waals surface area contributed by atoms with E-state index in [0.717, 1.165) is 0 Å². The maximum atomic E-state index is 12.2. The lowest BCUT2D eigenvalue weighted by Gasteiger charge is -2.26. The van der Waals surface area contributed by atoms with Crippen molar-refractivity contribution in [1.29, 1.82) is 0 Å². The van der Waals surface area contributed by atoms with Gasteiger partial charge in [-0.1, -0.05) is 12.1 Å². The van der Waals surface area contributed by atoms with Crippen molar-refractivity contribution >= 4 is 28.5 Å². The van der Waals surface area contributed by atoms with E-state index in [2.05, 4.69) is 5.32 Å². The van der Waals surface area contributed by atoms with Crippen molar-refractivity contribution in [1.82, 2.24) is 5.32 Å². The summed E-state index contributed by atoms with van der Waals surface area (Å²) in [5.41, 5.74) is 0.432. The molecule has 1 aliphatic rings. The van der Waals surface area contributed by atoms with Crippen molar-refractivity contribution in [3.8, 4) is 0 Å². The summed E-state index contributed by atoms with van der Waals surface area (Å²) in [6, 6.07) is 6.02. The molecule has 0 spiro atoms. The Hall–Kier alpha value is -1.89. The monoisotopic (exact) mass is 310 g/mol. The van der Waals surface area contributed by atoms with Gasteiger partial charge in [0, 0.05) is 35.4 Å². The van der Waals surface area contributed by atoms with E-state index in [1.807, 2.05) is 0 Å². The molecule has 1 fully saturated rings. The van der Waals surface area contributed by atoms with Crippen molar-refractivity contribution in [2.75, 3.05) is 23.5 Å². The molecule has 21 heavy (non-hydrogen) atoms. The van der Waals surface area contributed by atoms with Gasteiger partial charge in [-0.2, -0.15) is 0 Å². The fraction of sp³-hybridized carbons (Fsp3) is 0.429. The minimum atomic E-state index is -1.07. The van der Waals surface area contributed by atoms with E-state index in [-0.39, 0.29) is 17.6 Å². The van der Waals surface area contributed by atoms with Crippen LogP contribution < -0.4 is 10.2 Å². The molecule has 2 N–H and O–H groups in total. The molecular formula is C14H18N2O4S. The maximum absolute atomic E-state index is 12.2. The zero-order valence-corrected chi connectivity index (χ0v) is 12.6. The average Bonchev–Trinajstić information content (AvgIpc) is 2.48. The summed E-state index contributed by atoms with van der Waals surface area (Å²) >= 11 is 0. The quantitative estimate of drug-likeness (QED) is 0.884. The molecule has 6 nitrogen and oxygen atoms in total. The third kappa shape index (κ3) is 3.81. The minimum absolute atomic E-state index is 0.00496. The smallest absolute Gasteiger partial charge is 0.337 e.